The summed E-state index contributed by atoms with van der Waals surface area (Å²) in [5.74, 6) is 0.706. The molecule has 9 aromatic rings. The Morgan fingerprint density at radius 2 is 0.891 bits per heavy atom. The Morgan fingerprint density at radius 3 is 1.59 bits per heavy atom. The highest BCUT2D eigenvalue weighted by atomic mass is 14.9. The summed E-state index contributed by atoms with van der Waals surface area (Å²) in [4.78, 5) is 14.6. The van der Waals surface area contributed by atoms with E-state index in [1.807, 2.05) is 30.5 Å². The Balaban J connectivity index is 1.33. The van der Waals surface area contributed by atoms with E-state index in [1.54, 1.807) is 6.20 Å². The summed E-state index contributed by atoms with van der Waals surface area (Å²) in [6.07, 6.45) is 3.69. The smallest absolute Gasteiger partial charge is 0.160 e. The second kappa shape index (κ2) is 10.8. The molecule has 0 bridgehead atoms. The fourth-order valence-corrected chi connectivity index (χ4v) is 6.80. The molecule has 0 aliphatic rings. The van der Waals surface area contributed by atoms with Crippen molar-refractivity contribution < 1.29 is 0 Å². The van der Waals surface area contributed by atoms with Crippen molar-refractivity contribution >= 4 is 43.1 Å². The minimum atomic E-state index is 0.706. The van der Waals surface area contributed by atoms with E-state index in [4.69, 9.17) is 9.97 Å². The Bertz CT molecular complexity index is 2560. The number of rotatable bonds is 4. The van der Waals surface area contributed by atoms with Crippen molar-refractivity contribution in [2.75, 3.05) is 0 Å². The molecule has 0 saturated heterocycles. The lowest BCUT2D eigenvalue weighted by molar-refractivity contribution is 1.19. The highest BCUT2D eigenvalue weighted by Crippen LogP contribution is 2.43. The van der Waals surface area contributed by atoms with E-state index in [0.717, 1.165) is 39.2 Å². The summed E-state index contributed by atoms with van der Waals surface area (Å²) in [5, 5.41) is 9.93. The van der Waals surface area contributed by atoms with Gasteiger partial charge in [-0.2, -0.15) is 0 Å². The predicted molar refractivity (Wildman–Crippen MR) is 192 cm³/mol. The van der Waals surface area contributed by atoms with Crippen molar-refractivity contribution in [1.29, 1.82) is 0 Å². The first-order valence-electron chi connectivity index (χ1n) is 15.5. The van der Waals surface area contributed by atoms with Crippen molar-refractivity contribution in [2.24, 2.45) is 0 Å². The lowest BCUT2D eigenvalue weighted by Gasteiger charge is -2.16. The van der Waals surface area contributed by atoms with Gasteiger partial charge in [0.25, 0.3) is 0 Å². The third-order valence-corrected chi connectivity index (χ3v) is 8.96. The van der Waals surface area contributed by atoms with Gasteiger partial charge in [0.2, 0.25) is 0 Å². The summed E-state index contributed by atoms with van der Waals surface area (Å²) in [6, 6.07) is 53.6. The summed E-state index contributed by atoms with van der Waals surface area (Å²) in [5.41, 5.74) is 7.11. The fraction of sp³-hybridized carbons (Fsp3) is 0. The van der Waals surface area contributed by atoms with E-state index >= 15 is 0 Å². The quantitative estimate of drug-likeness (QED) is 0.193. The van der Waals surface area contributed by atoms with E-state index in [-0.39, 0.29) is 0 Å². The molecule has 0 spiro atoms. The van der Waals surface area contributed by atoms with Crippen LogP contribution >= 0.6 is 0 Å². The Kier molecular flexibility index (Phi) is 6.14. The van der Waals surface area contributed by atoms with Gasteiger partial charge in [-0.25, -0.2) is 9.97 Å². The number of pyridine rings is 1. The molecule has 3 nitrogen and oxygen atoms in total. The average molecular weight is 586 g/mol. The number of hydrogen-bond donors (Lipinski definition) is 0. The van der Waals surface area contributed by atoms with Gasteiger partial charge in [0, 0.05) is 29.1 Å². The zero-order valence-corrected chi connectivity index (χ0v) is 24.9. The van der Waals surface area contributed by atoms with Crippen LogP contribution in [0.5, 0.6) is 0 Å². The van der Waals surface area contributed by atoms with Crippen LogP contribution in [0.3, 0.4) is 0 Å². The monoisotopic (exact) mass is 585 g/mol. The van der Waals surface area contributed by atoms with Crippen LogP contribution in [0.4, 0.5) is 0 Å². The predicted octanol–water partition coefficient (Wildman–Crippen LogP) is 11.2. The van der Waals surface area contributed by atoms with Gasteiger partial charge in [-0.05, 0) is 72.4 Å². The molecule has 2 aromatic heterocycles. The minimum Gasteiger partial charge on any atom is -0.264 e. The van der Waals surface area contributed by atoms with Gasteiger partial charge in [-0.15, -0.1) is 0 Å². The highest BCUT2D eigenvalue weighted by molar-refractivity contribution is 6.32. The molecule has 0 aliphatic heterocycles. The first-order valence-corrected chi connectivity index (χ1v) is 15.5. The van der Waals surface area contributed by atoms with Crippen LogP contribution in [-0.4, -0.2) is 15.0 Å². The Morgan fingerprint density at radius 1 is 0.348 bits per heavy atom. The summed E-state index contributed by atoms with van der Waals surface area (Å²) in [7, 11) is 0. The lowest BCUT2D eigenvalue weighted by atomic mass is 9.88. The van der Waals surface area contributed by atoms with Crippen LogP contribution in [-0.2, 0) is 0 Å². The standard InChI is InChI=1S/C43H27N3/c1-2-11-30(12-3-1)43-45-40(29-22-20-28(21-23-29)31-13-10-24-44-27-31)26-41(46-43)38-25-39-34-16-5-4-14-32(34)33-15-6-8-18-36(33)42(39)37-19-9-7-17-35(37)38/h1-27H. The third kappa shape index (κ3) is 4.33. The first-order chi connectivity index (χ1) is 22.8. The third-order valence-electron chi connectivity index (χ3n) is 8.96. The highest BCUT2D eigenvalue weighted by Gasteiger charge is 2.17. The maximum atomic E-state index is 5.24. The van der Waals surface area contributed by atoms with E-state index in [2.05, 4.69) is 132 Å². The molecule has 0 radical (unpaired) electrons. The van der Waals surface area contributed by atoms with Crippen LogP contribution < -0.4 is 0 Å². The molecule has 214 valence electrons. The number of hydrogen-bond acceptors (Lipinski definition) is 3. The molecule has 9 rings (SSSR count). The molecule has 0 saturated carbocycles. The fourth-order valence-electron chi connectivity index (χ4n) is 6.80. The topological polar surface area (TPSA) is 38.7 Å². The van der Waals surface area contributed by atoms with Crippen molar-refractivity contribution in [1.82, 2.24) is 15.0 Å². The summed E-state index contributed by atoms with van der Waals surface area (Å²) >= 11 is 0. The van der Waals surface area contributed by atoms with Crippen LogP contribution in [0, 0.1) is 0 Å². The van der Waals surface area contributed by atoms with Crippen LogP contribution in [0.2, 0.25) is 0 Å². The van der Waals surface area contributed by atoms with Gasteiger partial charge in [0.15, 0.2) is 5.82 Å². The second-order valence-electron chi connectivity index (χ2n) is 11.6. The molecule has 0 atom stereocenters. The zero-order valence-electron chi connectivity index (χ0n) is 24.9. The van der Waals surface area contributed by atoms with Gasteiger partial charge >= 0.3 is 0 Å². The number of fused-ring (bicyclic) bond motifs is 8. The second-order valence-corrected chi connectivity index (χ2v) is 11.6. The van der Waals surface area contributed by atoms with Gasteiger partial charge in [-0.1, -0.05) is 133 Å². The van der Waals surface area contributed by atoms with E-state index in [0.29, 0.717) is 5.82 Å². The molecule has 2 heterocycles. The molecule has 7 aromatic carbocycles. The van der Waals surface area contributed by atoms with Crippen molar-refractivity contribution in [3.8, 4) is 45.0 Å². The maximum absolute atomic E-state index is 5.24. The first kappa shape index (κ1) is 26.2. The molecular weight excluding hydrogens is 558 g/mol. The maximum Gasteiger partial charge on any atom is 0.160 e. The minimum absolute atomic E-state index is 0.706. The van der Waals surface area contributed by atoms with Crippen LogP contribution in [0.1, 0.15) is 0 Å². The number of nitrogens with zero attached hydrogens (tertiary/aromatic N) is 3. The molecular formula is C43H27N3. The summed E-state index contributed by atoms with van der Waals surface area (Å²) < 4.78 is 0. The average Bonchev–Trinajstić information content (AvgIpc) is 3.15. The van der Waals surface area contributed by atoms with E-state index in [1.165, 1.54) is 43.1 Å². The molecule has 0 fully saturated rings. The molecule has 3 heteroatoms. The SMILES string of the molecule is c1ccc(-c2nc(-c3ccc(-c4cccnc4)cc3)cc(-c3cc4c5ccccc5c5ccccc5c4c4ccccc34)n2)cc1. The molecule has 0 amide bonds. The number of aromatic nitrogens is 3. The van der Waals surface area contributed by atoms with Gasteiger partial charge < -0.3 is 0 Å². The van der Waals surface area contributed by atoms with Gasteiger partial charge in [0.1, 0.15) is 0 Å². The van der Waals surface area contributed by atoms with Crippen molar-refractivity contribution in [2.45, 2.75) is 0 Å². The van der Waals surface area contributed by atoms with E-state index < -0.39 is 0 Å². The van der Waals surface area contributed by atoms with Crippen LogP contribution in [0.15, 0.2) is 164 Å². The Labute approximate surface area is 266 Å². The van der Waals surface area contributed by atoms with E-state index in [9.17, 15) is 0 Å². The number of benzene rings is 7. The zero-order chi connectivity index (χ0) is 30.5. The molecule has 0 N–H and O–H groups in total. The lowest BCUT2D eigenvalue weighted by Crippen LogP contribution is -1.97. The van der Waals surface area contributed by atoms with Crippen LogP contribution in [0.25, 0.3) is 88.1 Å². The summed E-state index contributed by atoms with van der Waals surface area (Å²) in [6.45, 7) is 0. The largest absolute Gasteiger partial charge is 0.264 e. The molecule has 0 unspecified atom stereocenters. The van der Waals surface area contributed by atoms with Crippen molar-refractivity contribution in [3.05, 3.63) is 164 Å². The molecule has 0 aliphatic carbocycles. The van der Waals surface area contributed by atoms with Gasteiger partial charge in [-0.3, -0.25) is 4.98 Å². The van der Waals surface area contributed by atoms with Crippen molar-refractivity contribution in [3.63, 3.8) is 0 Å². The molecule has 46 heavy (non-hydrogen) atoms. The Hall–Kier alpha value is -6.19. The normalized spacial score (nSPS) is 11.5. The van der Waals surface area contributed by atoms with Gasteiger partial charge in [0.05, 0.1) is 11.4 Å².